The minimum absolute atomic E-state index is 0.0147. The first-order valence-corrected chi connectivity index (χ1v) is 9.98. The molecule has 2 fully saturated rings. The van der Waals surface area contributed by atoms with Crippen LogP contribution in [0.5, 0.6) is 0 Å². The van der Waals surface area contributed by atoms with E-state index < -0.39 is 5.60 Å². The maximum atomic E-state index is 12.5. The maximum Gasteiger partial charge on any atom is 0.234 e. The van der Waals surface area contributed by atoms with Gasteiger partial charge >= 0.3 is 0 Å². The molecule has 2 N–H and O–H groups in total. The third-order valence-corrected chi connectivity index (χ3v) is 6.25. The van der Waals surface area contributed by atoms with Crippen molar-refractivity contribution < 1.29 is 14.3 Å². The predicted molar refractivity (Wildman–Crippen MR) is 103 cm³/mol. The molecule has 4 rings (SSSR count). The van der Waals surface area contributed by atoms with Gasteiger partial charge in [-0.3, -0.25) is 9.69 Å². The Labute approximate surface area is 160 Å². The van der Waals surface area contributed by atoms with E-state index in [1.54, 1.807) is 6.26 Å². The zero-order valence-corrected chi connectivity index (χ0v) is 15.6. The molecule has 5 heteroatoms. The number of hydrogen-bond donors (Lipinski definition) is 2. The molecule has 27 heavy (non-hydrogen) atoms. The average molecular weight is 368 g/mol. The Hall–Kier alpha value is -2.11. The van der Waals surface area contributed by atoms with Crippen LogP contribution in [0.15, 0.2) is 53.1 Å². The number of amides is 1. The van der Waals surface area contributed by atoms with Crippen molar-refractivity contribution in [2.24, 2.45) is 5.92 Å². The van der Waals surface area contributed by atoms with Crippen LogP contribution in [-0.2, 0) is 16.9 Å². The zero-order chi connectivity index (χ0) is 18.7. The van der Waals surface area contributed by atoms with Crippen molar-refractivity contribution in [3.63, 3.8) is 0 Å². The average Bonchev–Trinajstić information content (AvgIpc) is 3.23. The number of fused-ring (bicyclic) bond motifs is 1. The van der Waals surface area contributed by atoms with Gasteiger partial charge in [-0.15, -0.1) is 0 Å². The molecule has 1 aromatic carbocycles. The molecule has 2 aromatic rings. The molecule has 144 valence electrons. The lowest BCUT2D eigenvalue weighted by Gasteiger charge is -2.52. The summed E-state index contributed by atoms with van der Waals surface area (Å²) < 4.78 is 5.27. The van der Waals surface area contributed by atoms with Crippen LogP contribution in [0, 0.1) is 5.92 Å². The second kappa shape index (κ2) is 7.87. The van der Waals surface area contributed by atoms with E-state index >= 15 is 0 Å². The molecule has 0 radical (unpaired) electrons. The highest BCUT2D eigenvalue weighted by Crippen LogP contribution is 2.46. The molecule has 0 unspecified atom stereocenters. The summed E-state index contributed by atoms with van der Waals surface area (Å²) >= 11 is 0. The van der Waals surface area contributed by atoms with Crippen molar-refractivity contribution in [2.75, 3.05) is 13.1 Å². The molecule has 1 aliphatic carbocycles. The second-order valence-corrected chi connectivity index (χ2v) is 7.83. The number of benzene rings is 1. The summed E-state index contributed by atoms with van der Waals surface area (Å²) in [4.78, 5) is 14.7. The van der Waals surface area contributed by atoms with Crippen molar-refractivity contribution in [1.82, 2.24) is 10.2 Å². The fraction of sp³-hybridized carbons (Fsp3) is 0.500. The Morgan fingerprint density at radius 2 is 2.00 bits per heavy atom. The summed E-state index contributed by atoms with van der Waals surface area (Å²) in [7, 11) is 0. The normalized spacial score (nSPS) is 28.5. The van der Waals surface area contributed by atoms with Crippen molar-refractivity contribution in [1.29, 1.82) is 0 Å². The molecule has 1 saturated carbocycles. The molecule has 2 aliphatic rings. The molecular formula is C22H28N2O3. The lowest BCUT2D eigenvalue weighted by atomic mass is 9.66. The Morgan fingerprint density at radius 3 is 2.78 bits per heavy atom. The van der Waals surface area contributed by atoms with E-state index in [0.29, 0.717) is 19.5 Å². The fourth-order valence-electron chi connectivity index (χ4n) is 4.89. The van der Waals surface area contributed by atoms with Crippen LogP contribution < -0.4 is 5.32 Å². The first-order valence-electron chi connectivity index (χ1n) is 9.98. The Morgan fingerprint density at radius 1 is 1.19 bits per heavy atom. The number of furan rings is 1. The van der Waals surface area contributed by atoms with Crippen LogP contribution in [0.3, 0.4) is 0 Å². The summed E-state index contributed by atoms with van der Waals surface area (Å²) in [6, 6.07) is 14.0. The topological polar surface area (TPSA) is 65.7 Å². The van der Waals surface area contributed by atoms with Gasteiger partial charge in [0.05, 0.1) is 25.0 Å². The third-order valence-electron chi connectivity index (χ3n) is 6.25. The summed E-state index contributed by atoms with van der Waals surface area (Å²) in [5.41, 5.74) is 0.233. The van der Waals surface area contributed by atoms with Gasteiger partial charge in [-0.1, -0.05) is 43.2 Å². The number of likely N-dealkylation sites (tertiary alicyclic amines) is 1. The molecule has 1 amide bonds. The third kappa shape index (κ3) is 3.80. The highest BCUT2D eigenvalue weighted by molar-refractivity contribution is 5.78. The number of nitrogens with one attached hydrogen (secondary N) is 1. The van der Waals surface area contributed by atoms with Crippen molar-refractivity contribution in [3.8, 4) is 0 Å². The van der Waals surface area contributed by atoms with Crippen molar-refractivity contribution >= 4 is 5.91 Å². The molecule has 2 heterocycles. The first kappa shape index (κ1) is 18.3. The molecule has 1 saturated heterocycles. The van der Waals surface area contributed by atoms with E-state index in [-0.39, 0.29) is 17.9 Å². The van der Waals surface area contributed by atoms with Crippen molar-refractivity contribution in [2.45, 2.75) is 50.3 Å². The van der Waals surface area contributed by atoms with E-state index in [4.69, 9.17) is 4.42 Å². The summed E-state index contributed by atoms with van der Waals surface area (Å²) in [6.07, 6.45) is 6.66. The number of carbonyl (C=O) groups is 1. The first-order chi connectivity index (χ1) is 13.2. The Kier molecular flexibility index (Phi) is 5.32. The quantitative estimate of drug-likeness (QED) is 0.851. The van der Waals surface area contributed by atoms with E-state index in [0.717, 1.165) is 43.6 Å². The number of hydrogen-bond acceptors (Lipinski definition) is 4. The highest BCUT2D eigenvalue weighted by atomic mass is 16.3. The summed E-state index contributed by atoms with van der Waals surface area (Å²) in [6.45, 7) is 1.54. The van der Waals surface area contributed by atoms with Gasteiger partial charge in [0.15, 0.2) is 0 Å². The van der Waals surface area contributed by atoms with E-state index in [1.807, 2.05) is 42.5 Å². The zero-order valence-electron chi connectivity index (χ0n) is 15.6. The van der Waals surface area contributed by atoms with Gasteiger partial charge in [-0.25, -0.2) is 0 Å². The molecule has 5 nitrogen and oxygen atoms in total. The van der Waals surface area contributed by atoms with E-state index in [9.17, 15) is 9.90 Å². The number of rotatable bonds is 5. The van der Waals surface area contributed by atoms with Crippen molar-refractivity contribution in [3.05, 3.63) is 60.1 Å². The number of piperidine rings is 1. The van der Waals surface area contributed by atoms with Crippen LogP contribution in [0.1, 0.15) is 43.4 Å². The molecule has 1 aromatic heterocycles. The largest absolute Gasteiger partial charge is 0.467 e. The second-order valence-electron chi connectivity index (χ2n) is 7.83. The van der Waals surface area contributed by atoms with E-state index in [2.05, 4.69) is 10.2 Å². The molecule has 1 aliphatic heterocycles. The van der Waals surface area contributed by atoms with Crippen LogP contribution >= 0.6 is 0 Å². The van der Waals surface area contributed by atoms with Gasteiger partial charge in [0.25, 0.3) is 0 Å². The van der Waals surface area contributed by atoms with Gasteiger partial charge < -0.3 is 14.8 Å². The smallest absolute Gasteiger partial charge is 0.234 e. The van der Waals surface area contributed by atoms with Gasteiger partial charge in [0.1, 0.15) is 5.76 Å². The highest BCUT2D eigenvalue weighted by Gasteiger charge is 2.49. The fourth-order valence-corrected chi connectivity index (χ4v) is 4.89. The monoisotopic (exact) mass is 368 g/mol. The van der Waals surface area contributed by atoms with E-state index in [1.165, 1.54) is 0 Å². The molecule has 0 spiro atoms. The SMILES string of the molecule is O=C(CN1CC[C@@](O)(c2ccccc2)[C@H]2CCCC[C@H]21)NCc1ccco1. The lowest BCUT2D eigenvalue weighted by Crippen LogP contribution is -2.59. The Bertz CT molecular complexity index is 746. The van der Waals surface area contributed by atoms with Crippen LogP contribution in [-0.4, -0.2) is 35.0 Å². The van der Waals surface area contributed by atoms with Gasteiger partial charge in [0, 0.05) is 18.5 Å². The summed E-state index contributed by atoms with van der Waals surface area (Å²) in [5.74, 6) is 0.956. The van der Waals surface area contributed by atoms with Gasteiger partial charge in [-0.05, 0) is 37.0 Å². The maximum absolute atomic E-state index is 12.5. The Balaban J connectivity index is 1.44. The minimum atomic E-state index is -0.784. The standard InChI is InChI=1S/C22H28N2O3/c25-21(23-15-18-9-6-14-27-18)16-24-13-12-22(26,17-7-2-1-3-8-17)19-10-4-5-11-20(19)24/h1-3,6-9,14,19-20,26H,4-5,10-13,15-16H2,(H,23,25)/t19-,20+,22+/m0/s1. The molecule has 0 bridgehead atoms. The number of aliphatic hydroxyl groups is 1. The van der Waals surface area contributed by atoms with Gasteiger partial charge in [0.2, 0.25) is 5.91 Å². The number of carbonyl (C=O) groups excluding carboxylic acids is 1. The van der Waals surface area contributed by atoms with Crippen LogP contribution in [0.25, 0.3) is 0 Å². The lowest BCUT2D eigenvalue weighted by molar-refractivity contribution is -0.136. The van der Waals surface area contributed by atoms with Crippen LogP contribution in [0.4, 0.5) is 0 Å². The summed E-state index contributed by atoms with van der Waals surface area (Å²) in [5, 5.41) is 14.5. The number of nitrogens with zero attached hydrogens (tertiary/aromatic N) is 1. The van der Waals surface area contributed by atoms with Gasteiger partial charge in [-0.2, -0.15) is 0 Å². The minimum Gasteiger partial charge on any atom is -0.467 e. The van der Waals surface area contributed by atoms with Crippen LogP contribution in [0.2, 0.25) is 0 Å². The predicted octanol–water partition coefficient (Wildman–Crippen LogP) is 3.05. The molecule has 3 atom stereocenters. The molecular weight excluding hydrogens is 340 g/mol.